The second kappa shape index (κ2) is 9.48. The van der Waals surface area contributed by atoms with Crippen molar-refractivity contribution in [2.24, 2.45) is 11.7 Å². The van der Waals surface area contributed by atoms with Gasteiger partial charge in [-0.05, 0) is 61.3 Å². The number of rotatable bonds is 5. The minimum Gasteiger partial charge on any atom is -0.435 e. The fourth-order valence-corrected chi connectivity index (χ4v) is 3.67. The zero-order valence-electron chi connectivity index (χ0n) is 14.5. The van der Waals surface area contributed by atoms with Gasteiger partial charge in [-0.25, -0.2) is 0 Å². The Hall–Kier alpha value is -1.44. The molecule has 1 aliphatic carbocycles. The van der Waals surface area contributed by atoms with Gasteiger partial charge in [-0.3, -0.25) is 4.79 Å². The van der Waals surface area contributed by atoms with Crippen molar-refractivity contribution in [2.75, 3.05) is 13.2 Å². The van der Waals surface area contributed by atoms with Crippen molar-refractivity contribution >= 4 is 18.3 Å². The number of carbonyl (C=O) groups excluding carboxylic acids is 1. The largest absolute Gasteiger partial charge is 0.435 e. The highest BCUT2D eigenvalue weighted by Crippen LogP contribution is 2.33. The van der Waals surface area contributed by atoms with Crippen LogP contribution in [-0.4, -0.2) is 31.8 Å². The molecule has 1 aliphatic heterocycles. The Balaban J connectivity index is 0.00000243. The second-order valence-corrected chi connectivity index (χ2v) is 6.67. The number of nitrogens with one attached hydrogen (secondary N) is 1. The van der Waals surface area contributed by atoms with E-state index in [4.69, 9.17) is 10.5 Å². The lowest BCUT2D eigenvalue weighted by Crippen LogP contribution is -2.48. The van der Waals surface area contributed by atoms with Crippen molar-refractivity contribution in [3.8, 4) is 5.75 Å². The maximum Gasteiger partial charge on any atom is 0.387 e. The first kappa shape index (κ1) is 20.9. The van der Waals surface area contributed by atoms with E-state index in [1.54, 1.807) is 12.1 Å². The highest BCUT2D eigenvalue weighted by Gasteiger charge is 2.29. The molecule has 0 radical (unpaired) electrons. The van der Waals surface area contributed by atoms with Crippen LogP contribution in [0.25, 0.3) is 0 Å². The molecule has 0 saturated carbocycles. The van der Waals surface area contributed by atoms with Gasteiger partial charge in [-0.15, -0.1) is 12.4 Å². The van der Waals surface area contributed by atoms with Crippen LogP contribution in [0.15, 0.2) is 18.2 Å². The summed E-state index contributed by atoms with van der Waals surface area (Å²) in [7, 11) is 0. The molecular weight excluding hydrogens is 366 g/mol. The molecule has 1 aromatic carbocycles. The van der Waals surface area contributed by atoms with Crippen molar-refractivity contribution in [1.82, 2.24) is 5.32 Å². The molecular formula is C18H25ClF2N2O3. The topological polar surface area (TPSA) is 73.6 Å². The molecule has 1 fully saturated rings. The molecule has 0 bridgehead atoms. The van der Waals surface area contributed by atoms with E-state index >= 15 is 0 Å². The first-order valence-electron chi connectivity index (χ1n) is 8.76. The van der Waals surface area contributed by atoms with Crippen LogP contribution in [0.4, 0.5) is 8.78 Å². The Morgan fingerprint density at radius 3 is 2.69 bits per heavy atom. The number of hydrogen-bond acceptors (Lipinski definition) is 4. The SMILES string of the molecule is Cl.NC(C(=O)NC1CCCc2cc(OC(F)F)ccc21)C1CCOCC1. The number of aryl methyl sites for hydroxylation is 1. The van der Waals surface area contributed by atoms with Crippen LogP contribution >= 0.6 is 12.4 Å². The number of hydrogen-bond donors (Lipinski definition) is 2. The number of nitrogens with two attached hydrogens (primary N) is 1. The Morgan fingerprint density at radius 1 is 1.27 bits per heavy atom. The molecule has 8 heteroatoms. The van der Waals surface area contributed by atoms with Gasteiger partial charge in [0, 0.05) is 13.2 Å². The molecule has 2 unspecified atom stereocenters. The molecule has 0 spiro atoms. The van der Waals surface area contributed by atoms with Crippen LogP contribution in [0.3, 0.4) is 0 Å². The third kappa shape index (κ3) is 5.05. The van der Waals surface area contributed by atoms with Gasteiger partial charge in [-0.1, -0.05) is 6.07 Å². The van der Waals surface area contributed by atoms with E-state index in [-0.39, 0.29) is 36.0 Å². The van der Waals surface area contributed by atoms with Gasteiger partial charge in [0.2, 0.25) is 5.91 Å². The summed E-state index contributed by atoms with van der Waals surface area (Å²) < 4.78 is 34.5. The highest BCUT2D eigenvalue weighted by atomic mass is 35.5. The molecule has 2 atom stereocenters. The third-order valence-corrected chi connectivity index (χ3v) is 5.05. The summed E-state index contributed by atoms with van der Waals surface area (Å²) in [6.45, 7) is -1.55. The summed E-state index contributed by atoms with van der Waals surface area (Å²) >= 11 is 0. The van der Waals surface area contributed by atoms with Crippen LogP contribution < -0.4 is 15.8 Å². The van der Waals surface area contributed by atoms with E-state index in [0.717, 1.165) is 43.2 Å². The Bertz CT molecular complexity index is 612. The van der Waals surface area contributed by atoms with Crippen LogP contribution in [0, 0.1) is 5.92 Å². The van der Waals surface area contributed by atoms with Gasteiger partial charge in [0.05, 0.1) is 12.1 Å². The number of fused-ring (bicyclic) bond motifs is 1. The molecule has 146 valence electrons. The first-order valence-corrected chi connectivity index (χ1v) is 8.76. The lowest BCUT2D eigenvalue weighted by atomic mass is 9.86. The molecule has 3 rings (SSSR count). The monoisotopic (exact) mass is 390 g/mol. The number of halogens is 3. The lowest BCUT2D eigenvalue weighted by molar-refractivity contribution is -0.125. The van der Waals surface area contributed by atoms with Crippen molar-refractivity contribution in [3.05, 3.63) is 29.3 Å². The molecule has 3 N–H and O–H groups in total. The predicted molar refractivity (Wildman–Crippen MR) is 95.7 cm³/mol. The summed E-state index contributed by atoms with van der Waals surface area (Å²) in [6, 6.07) is 4.24. The zero-order chi connectivity index (χ0) is 17.8. The molecule has 26 heavy (non-hydrogen) atoms. The van der Waals surface area contributed by atoms with Gasteiger partial charge in [0.15, 0.2) is 0 Å². The summed E-state index contributed by atoms with van der Waals surface area (Å²) in [5.41, 5.74) is 8.03. The van der Waals surface area contributed by atoms with Crippen molar-refractivity contribution < 1.29 is 23.0 Å². The highest BCUT2D eigenvalue weighted by molar-refractivity contribution is 5.85. The summed E-state index contributed by atoms with van der Waals surface area (Å²) in [6.07, 6.45) is 4.07. The van der Waals surface area contributed by atoms with E-state index in [2.05, 4.69) is 10.1 Å². The van der Waals surface area contributed by atoms with Crippen molar-refractivity contribution in [2.45, 2.75) is 50.8 Å². The first-order chi connectivity index (χ1) is 12.0. The van der Waals surface area contributed by atoms with Crippen molar-refractivity contribution in [1.29, 1.82) is 0 Å². The standard InChI is InChI=1S/C18H24F2N2O3.ClH/c19-18(20)25-13-4-5-14-12(10-13)2-1-3-15(14)22-17(23)16(21)11-6-8-24-9-7-11;/h4-5,10-11,15-16,18H,1-3,6-9,21H2,(H,22,23);1H. The number of alkyl halides is 2. The summed E-state index contributed by atoms with van der Waals surface area (Å²) in [5.74, 6) is 0.135. The number of carbonyl (C=O) groups is 1. The Kier molecular flexibility index (Phi) is 7.61. The fourth-order valence-electron chi connectivity index (χ4n) is 3.67. The van der Waals surface area contributed by atoms with E-state index in [1.807, 2.05) is 0 Å². The smallest absolute Gasteiger partial charge is 0.387 e. The molecule has 1 saturated heterocycles. The molecule has 1 amide bonds. The van der Waals surface area contributed by atoms with Crippen LogP contribution in [0.1, 0.15) is 42.9 Å². The maximum atomic E-state index is 12.5. The Morgan fingerprint density at radius 2 is 2.00 bits per heavy atom. The van der Waals surface area contributed by atoms with Gasteiger partial charge in [0.25, 0.3) is 0 Å². The van der Waals surface area contributed by atoms with E-state index < -0.39 is 12.7 Å². The zero-order valence-corrected chi connectivity index (χ0v) is 15.3. The van der Waals surface area contributed by atoms with Gasteiger partial charge in [-0.2, -0.15) is 8.78 Å². The van der Waals surface area contributed by atoms with Gasteiger partial charge < -0.3 is 20.5 Å². The second-order valence-electron chi connectivity index (χ2n) is 6.67. The molecule has 1 aromatic rings. The predicted octanol–water partition coefficient (Wildman–Crippen LogP) is 2.96. The lowest BCUT2D eigenvalue weighted by Gasteiger charge is -2.31. The van der Waals surface area contributed by atoms with Crippen LogP contribution in [-0.2, 0) is 16.0 Å². The van der Waals surface area contributed by atoms with Gasteiger partial charge >= 0.3 is 6.61 Å². The number of amides is 1. The summed E-state index contributed by atoms with van der Waals surface area (Å²) in [5, 5.41) is 3.04. The summed E-state index contributed by atoms with van der Waals surface area (Å²) in [4.78, 5) is 12.5. The molecule has 5 nitrogen and oxygen atoms in total. The normalized spacial score (nSPS) is 21.5. The van der Waals surface area contributed by atoms with Crippen molar-refractivity contribution in [3.63, 3.8) is 0 Å². The molecule has 0 aromatic heterocycles. The van der Waals surface area contributed by atoms with E-state index in [1.165, 1.54) is 6.07 Å². The number of ether oxygens (including phenoxy) is 2. The fraction of sp³-hybridized carbons (Fsp3) is 0.611. The van der Waals surface area contributed by atoms with Crippen LogP contribution in [0.5, 0.6) is 5.75 Å². The number of benzene rings is 1. The van der Waals surface area contributed by atoms with E-state index in [0.29, 0.717) is 13.2 Å². The molecule has 1 heterocycles. The Labute approximate surface area is 158 Å². The average Bonchev–Trinajstić information content (AvgIpc) is 2.61. The minimum atomic E-state index is -2.84. The maximum absolute atomic E-state index is 12.5. The minimum absolute atomic E-state index is 0. The molecule has 2 aliphatic rings. The van der Waals surface area contributed by atoms with Gasteiger partial charge in [0.1, 0.15) is 5.75 Å². The average molecular weight is 391 g/mol. The van der Waals surface area contributed by atoms with Crippen LogP contribution in [0.2, 0.25) is 0 Å². The van der Waals surface area contributed by atoms with E-state index in [9.17, 15) is 13.6 Å². The third-order valence-electron chi connectivity index (χ3n) is 5.05. The quantitative estimate of drug-likeness (QED) is 0.810.